The fourth-order valence-corrected chi connectivity index (χ4v) is 5.39. The Morgan fingerprint density at radius 3 is 1.81 bits per heavy atom. The Morgan fingerprint density at radius 1 is 0.865 bits per heavy atom. The van der Waals surface area contributed by atoms with E-state index in [-0.39, 0.29) is 34.6 Å². The second kappa shape index (κ2) is 10.7. The van der Waals surface area contributed by atoms with E-state index in [0.717, 1.165) is 12.1 Å². The van der Waals surface area contributed by atoms with Gasteiger partial charge in [0.2, 0.25) is 5.91 Å². The van der Waals surface area contributed by atoms with Crippen molar-refractivity contribution in [3.8, 4) is 11.5 Å². The summed E-state index contributed by atoms with van der Waals surface area (Å²) in [5, 5.41) is 5.74. The van der Waals surface area contributed by atoms with Gasteiger partial charge in [-0.1, -0.05) is 23.2 Å². The molecule has 2 aromatic rings. The predicted octanol–water partition coefficient (Wildman–Crippen LogP) is 3.52. The maximum absolute atomic E-state index is 13.6. The molecule has 5 rings (SSSR count). The zero-order valence-electron chi connectivity index (χ0n) is 19.6. The number of carbonyl (C=O) groups is 3. The van der Waals surface area contributed by atoms with Crippen LogP contribution in [0, 0.1) is 17.6 Å². The number of fused-ring (bicyclic) bond motifs is 3. The van der Waals surface area contributed by atoms with Crippen molar-refractivity contribution in [3.63, 3.8) is 0 Å². The van der Waals surface area contributed by atoms with Crippen molar-refractivity contribution in [1.29, 1.82) is 0 Å². The van der Waals surface area contributed by atoms with Gasteiger partial charge in [0.25, 0.3) is 11.8 Å². The monoisotopic (exact) mass is 555 g/mol. The van der Waals surface area contributed by atoms with Crippen molar-refractivity contribution in [1.82, 2.24) is 10.6 Å². The molecule has 4 N–H and O–H groups in total. The van der Waals surface area contributed by atoms with Gasteiger partial charge < -0.3 is 25.8 Å². The Balaban J connectivity index is 1.35. The minimum atomic E-state index is -0.874. The second-order valence-corrected chi connectivity index (χ2v) is 10.2. The van der Waals surface area contributed by atoms with Gasteiger partial charge in [0.05, 0.1) is 21.5 Å². The lowest BCUT2D eigenvalue weighted by Crippen LogP contribution is -2.70. The van der Waals surface area contributed by atoms with Crippen molar-refractivity contribution in [2.45, 2.75) is 43.2 Å². The summed E-state index contributed by atoms with van der Waals surface area (Å²) in [6.07, 6.45) is 2.06. The van der Waals surface area contributed by atoms with E-state index in [1.54, 1.807) is 0 Å². The van der Waals surface area contributed by atoms with Crippen LogP contribution >= 0.6 is 23.2 Å². The number of nitrogens with two attached hydrogens (primary N) is 1. The highest BCUT2D eigenvalue weighted by molar-refractivity contribution is 6.31. The Labute approximate surface area is 221 Å². The van der Waals surface area contributed by atoms with Crippen LogP contribution in [0.1, 0.15) is 32.1 Å². The molecule has 1 unspecified atom stereocenters. The largest absolute Gasteiger partial charge is 0.484 e. The Morgan fingerprint density at radius 2 is 1.35 bits per heavy atom. The van der Waals surface area contributed by atoms with Crippen LogP contribution in [0.3, 0.4) is 0 Å². The van der Waals surface area contributed by atoms with Gasteiger partial charge in [-0.15, -0.1) is 0 Å². The summed E-state index contributed by atoms with van der Waals surface area (Å²) < 4.78 is 37.9. The highest BCUT2D eigenvalue weighted by Gasteiger charge is 2.57. The summed E-state index contributed by atoms with van der Waals surface area (Å²) in [5.41, 5.74) is 4.14. The molecular weight excluding hydrogens is 531 g/mol. The molecule has 0 aliphatic heterocycles. The van der Waals surface area contributed by atoms with E-state index in [0.29, 0.717) is 25.7 Å². The van der Waals surface area contributed by atoms with E-state index in [1.165, 1.54) is 24.3 Å². The molecule has 0 saturated heterocycles. The number of hydrogen-bond donors (Lipinski definition) is 3. The van der Waals surface area contributed by atoms with Crippen LogP contribution in [0.4, 0.5) is 8.78 Å². The number of halogens is 4. The molecule has 0 radical (unpaired) electrons. The number of carbonyl (C=O) groups excluding carboxylic acids is 3. The van der Waals surface area contributed by atoms with Crippen LogP contribution < -0.4 is 25.8 Å². The highest BCUT2D eigenvalue weighted by atomic mass is 35.5. The number of benzene rings is 2. The normalized spacial score (nSPS) is 24.3. The van der Waals surface area contributed by atoms with E-state index in [1.807, 2.05) is 0 Å². The molecule has 3 amide bonds. The molecule has 3 aliphatic rings. The van der Waals surface area contributed by atoms with Crippen LogP contribution in [0.25, 0.3) is 0 Å². The summed E-state index contributed by atoms with van der Waals surface area (Å²) in [7, 11) is 0. The van der Waals surface area contributed by atoms with Gasteiger partial charge in [0.15, 0.2) is 13.2 Å². The summed E-state index contributed by atoms with van der Waals surface area (Å²) >= 11 is 11.3. The first kappa shape index (κ1) is 26.9. The van der Waals surface area contributed by atoms with Gasteiger partial charge in [-0.05, 0) is 56.4 Å². The highest BCUT2D eigenvalue weighted by Crippen LogP contribution is 2.50. The third-order valence-corrected chi connectivity index (χ3v) is 7.63. The van der Waals surface area contributed by atoms with Crippen LogP contribution in [0.15, 0.2) is 36.4 Å². The smallest absolute Gasteiger partial charge is 0.258 e. The van der Waals surface area contributed by atoms with E-state index < -0.39 is 53.0 Å². The van der Waals surface area contributed by atoms with Gasteiger partial charge in [-0.25, -0.2) is 8.78 Å². The molecular formula is C25H25Cl2F2N3O5. The minimum absolute atomic E-state index is 0.0568. The molecule has 3 fully saturated rings. The molecule has 1 atom stereocenters. The van der Waals surface area contributed by atoms with Gasteiger partial charge in [-0.3, -0.25) is 14.4 Å². The predicted molar refractivity (Wildman–Crippen MR) is 131 cm³/mol. The van der Waals surface area contributed by atoms with E-state index >= 15 is 0 Å². The van der Waals surface area contributed by atoms with E-state index in [2.05, 4.69) is 10.6 Å². The third-order valence-electron chi connectivity index (χ3n) is 7.02. The lowest BCUT2D eigenvalue weighted by atomic mass is 9.56. The van der Waals surface area contributed by atoms with Crippen molar-refractivity contribution >= 4 is 40.9 Å². The first-order chi connectivity index (χ1) is 17.5. The van der Waals surface area contributed by atoms with E-state index in [9.17, 15) is 23.2 Å². The molecule has 0 aromatic heterocycles. The van der Waals surface area contributed by atoms with Crippen molar-refractivity contribution in [2.24, 2.45) is 11.7 Å². The van der Waals surface area contributed by atoms with E-state index in [4.69, 9.17) is 38.4 Å². The average molecular weight is 556 g/mol. The van der Waals surface area contributed by atoms with Gasteiger partial charge >= 0.3 is 0 Å². The zero-order valence-corrected chi connectivity index (χ0v) is 21.1. The second-order valence-electron chi connectivity index (χ2n) is 9.42. The van der Waals surface area contributed by atoms with Crippen molar-refractivity contribution < 1.29 is 32.6 Å². The molecule has 198 valence electrons. The van der Waals surface area contributed by atoms with Crippen LogP contribution in [-0.4, -0.2) is 42.0 Å². The average Bonchev–Trinajstić information content (AvgIpc) is 2.86. The molecule has 0 spiro atoms. The molecule has 2 aromatic carbocycles. The standard InChI is InChI=1S/C25H25Cl2F2N3O5/c26-17-3-1-14(9-19(17)28)36-12-21(33)31-24-5-7-25(8-6-24,16(11-24)23(30)35)32-22(34)13-37-15-2-4-18(27)20(29)10-15/h1-4,9-10,16H,5-8,11-13H2,(H2,30,35)(H,31,33)(H,32,34). The lowest BCUT2D eigenvalue weighted by Gasteiger charge is -2.57. The first-order valence-electron chi connectivity index (χ1n) is 11.6. The fourth-order valence-electron chi connectivity index (χ4n) is 5.15. The molecule has 12 heteroatoms. The van der Waals surface area contributed by atoms with Crippen LogP contribution in [-0.2, 0) is 14.4 Å². The first-order valence-corrected chi connectivity index (χ1v) is 12.3. The summed E-state index contributed by atoms with van der Waals surface area (Å²) in [6.45, 7) is -0.743. The fraction of sp³-hybridized carbons (Fsp3) is 0.400. The molecule has 3 aliphatic carbocycles. The molecule has 8 nitrogen and oxygen atoms in total. The SMILES string of the molecule is NC(=O)C1CC2(NC(=O)COc3ccc(Cl)c(F)c3)CCC1(NC(=O)COc1ccc(Cl)c(F)c1)CC2. The Bertz CT molecular complexity index is 1220. The summed E-state index contributed by atoms with van der Waals surface area (Å²) in [6, 6.07) is 7.70. The third kappa shape index (κ3) is 6.07. The zero-order chi connectivity index (χ0) is 26.8. The van der Waals surface area contributed by atoms with Gasteiger partial charge in [0, 0.05) is 17.7 Å². The topological polar surface area (TPSA) is 120 Å². The Kier molecular flexibility index (Phi) is 7.80. The van der Waals surface area contributed by atoms with Crippen LogP contribution in [0.5, 0.6) is 11.5 Å². The summed E-state index contributed by atoms with van der Waals surface area (Å²) in [4.78, 5) is 37.7. The number of amides is 3. The summed E-state index contributed by atoms with van der Waals surface area (Å²) in [5.74, 6) is -3.27. The number of hydrogen-bond acceptors (Lipinski definition) is 5. The minimum Gasteiger partial charge on any atom is -0.484 e. The van der Waals surface area contributed by atoms with Gasteiger partial charge in [0.1, 0.15) is 23.1 Å². The molecule has 2 bridgehead atoms. The van der Waals surface area contributed by atoms with Crippen LogP contribution in [0.2, 0.25) is 10.0 Å². The molecule has 37 heavy (non-hydrogen) atoms. The molecule has 0 heterocycles. The number of nitrogens with one attached hydrogen (secondary N) is 2. The van der Waals surface area contributed by atoms with Crippen molar-refractivity contribution in [2.75, 3.05) is 13.2 Å². The van der Waals surface area contributed by atoms with Crippen molar-refractivity contribution in [3.05, 3.63) is 58.1 Å². The van der Waals surface area contributed by atoms with Gasteiger partial charge in [-0.2, -0.15) is 0 Å². The quantitative estimate of drug-likeness (QED) is 0.437. The lowest BCUT2D eigenvalue weighted by molar-refractivity contribution is -0.140. The maximum Gasteiger partial charge on any atom is 0.258 e. The number of ether oxygens (including phenoxy) is 2. The number of primary amides is 1. The molecule has 3 saturated carbocycles. The number of rotatable bonds is 9. The Hall–Kier alpha value is -3.11. The maximum atomic E-state index is 13.6.